The second-order valence-corrected chi connectivity index (χ2v) is 5.19. The number of carbonyl (C=O) groups excluding carboxylic acids is 1. The molecule has 0 bridgehead atoms. The normalized spacial score (nSPS) is 14.5. The Kier molecular flexibility index (Phi) is 8.00. The third kappa shape index (κ3) is 6.08. The van der Waals surface area contributed by atoms with E-state index in [0.717, 1.165) is 18.0 Å². The molecule has 0 aromatic heterocycles. The average molecular weight is 418 g/mol. The monoisotopic (exact) mass is 418 g/mol. The summed E-state index contributed by atoms with van der Waals surface area (Å²) < 4.78 is 4.53. The minimum Gasteiger partial charge on any atom is -0.453 e. The summed E-state index contributed by atoms with van der Waals surface area (Å²) in [4.78, 5) is 15.4. The molecule has 22 heavy (non-hydrogen) atoms. The Labute approximate surface area is 147 Å². The quantitative estimate of drug-likeness (QED) is 0.390. The standard InChI is InChI=1S/C15H22N4O2.HI/c1-21-15(20)19-13-7-5-12(6-8-13)10-18-14(16)17-9-11-3-2-4-11;/h5-8,11H,2-4,9-10H2,1H3,(H,19,20)(H3,16,17,18);1H. The molecule has 7 heteroatoms. The number of rotatable bonds is 5. The van der Waals surface area contributed by atoms with Crippen LogP contribution in [0.1, 0.15) is 24.8 Å². The minimum absolute atomic E-state index is 0. The van der Waals surface area contributed by atoms with Crippen LogP contribution in [0.5, 0.6) is 0 Å². The van der Waals surface area contributed by atoms with Gasteiger partial charge >= 0.3 is 6.09 Å². The van der Waals surface area contributed by atoms with Crippen LogP contribution >= 0.6 is 24.0 Å². The number of aliphatic imine (C=N–C) groups is 1. The lowest BCUT2D eigenvalue weighted by atomic mass is 9.85. The van der Waals surface area contributed by atoms with E-state index in [1.165, 1.54) is 26.4 Å². The van der Waals surface area contributed by atoms with Crippen molar-refractivity contribution in [3.63, 3.8) is 0 Å². The Bertz CT molecular complexity index is 501. The van der Waals surface area contributed by atoms with Crippen molar-refractivity contribution in [2.24, 2.45) is 16.6 Å². The van der Waals surface area contributed by atoms with Crippen molar-refractivity contribution in [1.29, 1.82) is 0 Å². The number of guanidine groups is 1. The molecule has 0 atom stereocenters. The SMILES string of the molecule is COC(=O)Nc1ccc(CN=C(N)NCC2CCC2)cc1.I. The Morgan fingerprint density at radius 3 is 2.59 bits per heavy atom. The lowest BCUT2D eigenvalue weighted by molar-refractivity contribution is 0.187. The van der Waals surface area contributed by atoms with E-state index in [1.54, 1.807) is 12.1 Å². The van der Waals surface area contributed by atoms with Crippen LogP contribution in [0.25, 0.3) is 0 Å². The van der Waals surface area contributed by atoms with E-state index in [2.05, 4.69) is 20.4 Å². The summed E-state index contributed by atoms with van der Waals surface area (Å²) in [6.07, 6.45) is 3.42. The number of hydrogen-bond acceptors (Lipinski definition) is 3. The molecule has 122 valence electrons. The van der Waals surface area contributed by atoms with Crippen molar-refractivity contribution < 1.29 is 9.53 Å². The summed E-state index contributed by atoms with van der Waals surface area (Å²) >= 11 is 0. The highest BCUT2D eigenvalue weighted by molar-refractivity contribution is 14.0. The van der Waals surface area contributed by atoms with Gasteiger partial charge in [-0.1, -0.05) is 18.6 Å². The molecule has 0 radical (unpaired) electrons. The van der Waals surface area contributed by atoms with Crippen molar-refractivity contribution in [2.75, 3.05) is 19.0 Å². The zero-order chi connectivity index (χ0) is 15.1. The van der Waals surface area contributed by atoms with E-state index < -0.39 is 6.09 Å². The molecule has 4 N–H and O–H groups in total. The number of hydrogen-bond donors (Lipinski definition) is 3. The summed E-state index contributed by atoms with van der Waals surface area (Å²) in [6, 6.07) is 7.40. The second kappa shape index (κ2) is 9.50. The Hall–Kier alpha value is -1.51. The molecule has 1 aromatic carbocycles. The van der Waals surface area contributed by atoms with Crippen molar-refractivity contribution in [3.05, 3.63) is 29.8 Å². The first kappa shape index (κ1) is 18.5. The van der Waals surface area contributed by atoms with Crippen LogP contribution in [-0.4, -0.2) is 25.7 Å². The number of ether oxygens (including phenoxy) is 1. The number of anilines is 1. The van der Waals surface area contributed by atoms with Crippen LogP contribution in [0.2, 0.25) is 0 Å². The predicted molar refractivity (Wildman–Crippen MR) is 98.6 cm³/mol. The molecule has 0 heterocycles. The van der Waals surface area contributed by atoms with Gasteiger partial charge in [0.05, 0.1) is 13.7 Å². The van der Waals surface area contributed by atoms with Crippen molar-refractivity contribution in [3.8, 4) is 0 Å². The lowest BCUT2D eigenvalue weighted by Gasteiger charge is -2.25. The first-order chi connectivity index (χ1) is 10.2. The number of nitrogens with one attached hydrogen (secondary N) is 2. The number of nitrogens with zero attached hydrogens (tertiary/aromatic N) is 1. The molecule has 6 nitrogen and oxygen atoms in total. The summed E-state index contributed by atoms with van der Waals surface area (Å²) in [5.41, 5.74) is 7.54. The highest BCUT2D eigenvalue weighted by atomic mass is 127. The molecule has 0 saturated heterocycles. The largest absolute Gasteiger partial charge is 0.453 e. The first-order valence-corrected chi connectivity index (χ1v) is 7.15. The van der Waals surface area contributed by atoms with E-state index in [0.29, 0.717) is 18.2 Å². The number of methoxy groups -OCH3 is 1. The Balaban J connectivity index is 0.00000242. The second-order valence-electron chi connectivity index (χ2n) is 5.19. The van der Waals surface area contributed by atoms with Crippen LogP contribution in [0.4, 0.5) is 10.5 Å². The Morgan fingerprint density at radius 1 is 1.36 bits per heavy atom. The van der Waals surface area contributed by atoms with Gasteiger partial charge in [-0.3, -0.25) is 5.32 Å². The van der Waals surface area contributed by atoms with E-state index >= 15 is 0 Å². The van der Waals surface area contributed by atoms with E-state index in [-0.39, 0.29) is 24.0 Å². The highest BCUT2D eigenvalue weighted by Crippen LogP contribution is 2.24. The first-order valence-electron chi connectivity index (χ1n) is 7.15. The molecule has 0 spiro atoms. The average Bonchev–Trinajstić information content (AvgIpc) is 2.44. The maximum absolute atomic E-state index is 11.1. The van der Waals surface area contributed by atoms with Gasteiger partial charge in [0.15, 0.2) is 5.96 Å². The third-order valence-corrected chi connectivity index (χ3v) is 3.61. The summed E-state index contributed by atoms with van der Waals surface area (Å²) in [5.74, 6) is 1.24. The van der Waals surface area contributed by atoms with Gasteiger partial charge in [-0.2, -0.15) is 0 Å². The molecule has 1 fully saturated rings. The number of halogens is 1. The van der Waals surface area contributed by atoms with Crippen molar-refractivity contribution in [2.45, 2.75) is 25.8 Å². The summed E-state index contributed by atoms with van der Waals surface area (Å²) in [6.45, 7) is 1.43. The van der Waals surface area contributed by atoms with Gasteiger partial charge in [0, 0.05) is 12.2 Å². The number of nitrogens with two attached hydrogens (primary N) is 1. The molecule has 1 saturated carbocycles. The van der Waals surface area contributed by atoms with Gasteiger partial charge in [-0.05, 0) is 36.5 Å². The predicted octanol–water partition coefficient (Wildman–Crippen LogP) is 2.69. The highest BCUT2D eigenvalue weighted by Gasteiger charge is 2.16. The number of carbonyl (C=O) groups is 1. The van der Waals surface area contributed by atoms with E-state index in [9.17, 15) is 4.79 Å². The van der Waals surface area contributed by atoms with Gasteiger partial charge in [0.2, 0.25) is 0 Å². The van der Waals surface area contributed by atoms with Gasteiger partial charge in [0.25, 0.3) is 0 Å². The number of amides is 1. The molecule has 1 aliphatic carbocycles. The van der Waals surface area contributed by atoms with E-state index in [1.807, 2.05) is 12.1 Å². The Morgan fingerprint density at radius 2 is 2.05 bits per heavy atom. The lowest BCUT2D eigenvalue weighted by Crippen LogP contribution is -2.37. The van der Waals surface area contributed by atoms with Crippen LogP contribution in [-0.2, 0) is 11.3 Å². The van der Waals surface area contributed by atoms with Crippen LogP contribution in [0, 0.1) is 5.92 Å². The van der Waals surface area contributed by atoms with Gasteiger partial charge in [-0.25, -0.2) is 9.79 Å². The van der Waals surface area contributed by atoms with Crippen LogP contribution < -0.4 is 16.4 Å². The molecular formula is C15H23IN4O2. The summed E-state index contributed by atoms with van der Waals surface area (Å²) in [5, 5.41) is 5.75. The fourth-order valence-corrected chi connectivity index (χ4v) is 2.04. The molecule has 1 aromatic rings. The zero-order valence-corrected chi connectivity index (χ0v) is 15.0. The van der Waals surface area contributed by atoms with Crippen molar-refractivity contribution >= 4 is 41.7 Å². The van der Waals surface area contributed by atoms with Gasteiger partial charge in [0.1, 0.15) is 0 Å². The van der Waals surface area contributed by atoms with Gasteiger partial charge < -0.3 is 15.8 Å². The maximum atomic E-state index is 11.1. The molecule has 1 aliphatic rings. The molecular weight excluding hydrogens is 395 g/mol. The van der Waals surface area contributed by atoms with E-state index in [4.69, 9.17) is 5.73 Å². The smallest absolute Gasteiger partial charge is 0.411 e. The van der Waals surface area contributed by atoms with Crippen LogP contribution in [0.3, 0.4) is 0 Å². The zero-order valence-electron chi connectivity index (χ0n) is 12.7. The molecule has 0 aliphatic heterocycles. The maximum Gasteiger partial charge on any atom is 0.411 e. The fourth-order valence-electron chi connectivity index (χ4n) is 2.04. The fraction of sp³-hybridized carbons (Fsp3) is 0.467. The molecule has 0 unspecified atom stereocenters. The topological polar surface area (TPSA) is 88.7 Å². The minimum atomic E-state index is -0.481. The molecule has 2 rings (SSSR count). The third-order valence-electron chi connectivity index (χ3n) is 3.61. The number of benzene rings is 1. The summed E-state index contributed by atoms with van der Waals surface area (Å²) in [7, 11) is 1.33. The van der Waals surface area contributed by atoms with Crippen LogP contribution in [0.15, 0.2) is 29.3 Å². The van der Waals surface area contributed by atoms with Crippen molar-refractivity contribution in [1.82, 2.24) is 5.32 Å². The molecule has 1 amide bonds. The van der Waals surface area contributed by atoms with Gasteiger partial charge in [-0.15, -0.1) is 24.0 Å².